The largest absolute Gasteiger partial charge is 0.342 e. The molecule has 17 heavy (non-hydrogen) atoms. The molecule has 2 heterocycles. The number of amides is 1. The van der Waals surface area contributed by atoms with Crippen molar-refractivity contribution >= 4 is 41.8 Å². The summed E-state index contributed by atoms with van der Waals surface area (Å²) in [4.78, 5) is 14.3. The number of rotatable bonds is 2. The topological polar surface area (TPSA) is 32.3 Å². The van der Waals surface area contributed by atoms with Gasteiger partial charge in [-0.3, -0.25) is 4.79 Å². The molecule has 100 valence electrons. The van der Waals surface area contributed by atoms with E-state index in [9.17, 15) is 4.79 Å². The van der Waals surface area contributed by atoms with Crippen molar-refractivity contribution in [2.45, 2.75) is 24.1 Å². The fraction of sp³-hybridized carbons (Fsp3) is 0.909. The van der Waals surface area contributed by atoms with Crippen LogP contribution in [-0.2, 0) is 4.79 Å². The quantitative estimate of drug-likeness (QED) is 0.836. The second kappa shape index (κ2) is 7.77. The van der Waals surface area contributed by atoms with Gasteiger partial charge in [-0.25, -0.2) is 0 Å². The lowest BCUT2D eigenvalue weighted by atomic mass is 10.1. The third-order valence-corrected chi connectivity index (χ3v) is 6.05. The SMILES string of the molecule is CNC1CCN(C(=O)C2CSCCS2)CC1.Cl. The fourth-order valence-corrected chi connectivity index (χ4v) is 4.85. The molecule has 6 heteroatoms. The van der Waals surface area contributed by atoms with Crippen molar-refractivity contribution in [2.75, 3.05) is 37.4 Å². The third kappa shape index (κ3) is 4.23. The first kappa shape index (κ1) is 15.5. The van der Waals surface area contributed by atoms with Crippen LogP contribution in [0.25, 0.3) is 0 Å². The number of thioether (sulfide) groups is 2. The van der Waals surface area contributed by atoms with Gasteiger partial charge >= 0.3 is 0 Å². The average molecular weight is 297 g/mol. The van der Waals surface area contributed by atoms with Crippen LogP contribution in [0.1, 0.15) is 12.8 Å². The van der Waals surface area contributed by atoms with Crippen molar-refractivity contribution in [1.29, 1.82) is 0 Å². The second-order valence-corrected chi connectivity index (χ2v) is 6.78. The summed E-state index contributed by atoms with van der Waals surface area (Å²) in [6.45, 7) is 1.87. The van der Waals surface area contributed by atoms with Crippen LogP contribution < -0.4 is 5.32 Å². The molecule has 0 aliphatic carbocycles. The van der Waals surface area contributed by atoms with Crippen molar-refractivity contribution in [2.24, 2.45) is 0 Å². The lowest BCUT2D eigenvalue weighted by Gasteiger charge is -2.34. The van der Waals surface area contributed by atoms with E-state index in [4.69, 9.17) is 0 Å². The van der Waals surface area contributed by atoms with Crippen molar-refractivity contribution < 1.29 is 4.79 Å². The molecule has 0 spiro atoms. The molecular formula is C11H21ClN2OS2. The molecule has 2 aliphatic heterocycles. The number of piperidine rings is 1. The number of hydrogen-bond donors (Lipinski definition) is 1. The van der Waals surface area contributed by atoms with Crippen LogP contribution in [0.3, 0.4) is 0 Å². The van der Waals surface area contributed by atoms with Gasteiger partial charge in [0, 0.05) is 36.4 Å². The van der Waals surface area contributed by atoms with E-state index >= 15 is 0 Å². The molecule has 0 aromatic carbocycles. The Morgan fingerprint density at radius 1 is 1.29 bits per heavy atom. The zero-order chi connectivity index (χ0) is 11.4. The minimum absolute atomic E-state index is 0. The van der Waals surface area contributed by atoms with E-state index in [1.165, 1.54) is 5.75 Å². The summed E-state index contributed by atoms with van der Waals surface area (Å²) in [6, 6.07) is 0.609. The first-order valence-corrected chi connectivity index (χ1v) is 8.17. The second-order valence-electron chi connectivity index (χ2n) is 4.32. The predicted molar refractivity (Wildman–Crippen MR) is 79.5 cm³/mol. The summed E-state index contributed by atoms with van der Waals surface area (Å²) in [5.74, 6) is 3.73. The van der Waals surface area contributed by atoms with Gasteiger partial charge in [0.05, 0.1) is 5.25 Å². The van der Waals surface area contributed by atoms with Gasteiger partial charge in [0.15, 0.2) is 0 Å². The van der Waals surface area contributed by atoms with Crippen LogP contribution in [0, 0.1) is 0 Å². The number of nitrogens with one attached hydrogen (secondary N) is 1. The molecule has 1 N–H and O–H groups in total. The molecule has 0 bridgehead atoms. The first-order valence-electron chi connectivity index (χ1n) is 5.96. The highest BCUT2D eigenvalue weighted by atomic mass is 35.5. The standard InChI is InChI=1S/C11H20N2OS2.ClH/c1-12-9-2-4-13(5-3-9)11(14)10-8-15-6-7-16-10;/h9-10,12H,2-8H2,1H3;1H. The van der Waals surface area contributed by atoms with Crippen LogP contribution in [0.2, 0.25) is 0 Å². The van der Waals surface area contributed by atoms with Gasteiger partial charge in [-0.15, -0.1) is 24.2 Å². The van der Waals surface area contributed by atoms with E-state index in [1.807, 2.05) is 30.6 Å². The zero-order valence-corrected chi connectivity index (χ0v) is 12.6. The van der Waals surface area contributed by atoms with Gasteiger partial charge in [-0.2, -0.15) is 11.8 Å². The fourth-order valence-electron chi connectivity index (χ4n) is 2.22. The molecule has 0 radical (unpaired) electrons. The lowest BCUT2D eigenvalue weighted by Crippen LogP contribution is -2.47. The number of nitrogens with zero attached hydrogens (tertiary/aromatic N) is 1. The van der Waals surface area contributed by atoms with Gasteiger partial charge < -0.3 is 10.2 Å². The third-order valence-electron chi connectivity index (χ3n) is 3.31. The van der Waals surface area contributed by atoms with Crippen LogP contribution >= 0.6 is 35.9 Å². The number of likely N-dealkylation sites (tertiary alicyclic amines) is 1. The average Bonchev–Trinajstić information content (AvgIpc) is 2.39. The molecule has 0 aromatic rings. The van der Waals surface area contributed by atoms with Crippen molar-refractivity contribution in [3.05, 3.63) is 0 Å². The van der Waals surface area contributed by atoms with Gasteiger partial charge in [0.2, 0.25) is 5.91 Å². The maximum atomic E-state index is 12.2. The molecule has 0 aromatic heterocycles. The maximum absolute atomic E-state index is 12.2. The van der Waals surface area contributed by atoms with Crippen LogP contribution in [0.5, 0.6) is 0 Å². The van der Waals surface area contributed by atoms with E-state index in [1.54, 1.807) is 0 Å². The molecule has 2 rings (SSSR count). The number of halogens is 1. The molecule has 1 unspecified atom stereocenters. The highest BCUT2D eigenvalue weighted by molar-refractivity contribution is 8.07. The summed E-state index contributed by atoms with van der Waals surface area (Å²) in [6.07, 6.45) is 2.21. The highest BCUT2D eigenvalue weighted by Gasteiger charge is 2.29. The van der Waals surface area contributed by atoms with E-state index in [-0.39, 0.29) is 17.7 Å². The van der Waals surface area contributed by atoms with Crippen LogP contribution in [0.15, 0.2) is 0 Å². The van der Waals surface area contributed by atoms with Gasteiger partial charge in [0.25, 0.3) is 0 Å². The zero-order valence-electron chi connectivity index (χ0n) is 10.2. The Balaban J connectivity index is 0.00000144. The molecule has 1 amide bonds. The normalized spacial score (nSPS) is 26.4. The molecule has 3 nitrogen and oxygen atoms in total. The number of hydrogen-bond acceptors (Lipinski definition) is 4. The minimum atomic E-state index is 0. The predicted octanol–water partition coefficient (Wildman–Crippen LogP) is 1.47. The molecule has 2 saturated heterocycles. The number of carbonyl (C=O) groups excluding carboxylic acids is 1. The van der Waals surface area contributed by atoms with Crippen molar-refractivity contribution in [3.63, 3.8) is 0 Å². The summed E-state index contributed by atoms with van der Waals surface area (Å²) >= 11 is 3.76. The van der Waals surface area contributed by atoms with E-state index in [0.717, 1.165) is 37.4 Å². The number of carbonyl (C=O) groups is 1. The van der Waals surface area contributed by atoms with E-state index in [0.29, 0.717) is 11.9 Å². The summed E-state index contributed by atoms with van der Waals surface area (Å²) in [7, 11) is 2.01. The summed E-state index contributed by atoms with van der Waals surface area (Å²) in [5.41, 5.74) is 0. The molecule has 2 fully saturated rings. The van der Waals surface area contributed by atoms with Gasteiger partial charge in [0.1, 0.15) is 0 Å². The lowest BCUT2D eigenvalue weighted by molar-refractivity contribution is -0.131. The van der Waals surface area contributed by atoms with Gasteiger partial charge in [-0.05, 0) is 19.9 Å². The Kier molecular flexibility index (Phi) is 7.07. The Morgan fingerprint density at radius 3 is 2.53 bits per heavy atom. The summed E-state index contributed by atoms with van der Waals surface area (Å²) in [5, 5.41) is 3.52. The van der Waals surface area contributed by atoms with E-state index in [2.05, 4.69) is 10.2 Å². The van der Waals surface area contributed by atoms with Crippen molar-refractivity contribution in [3.8, 4) is 0 Å². The van der Waals surface area contributed by atoms with Crippen molar-refractivity contribution in [1.82, 2.24) is 10.2 Å². The van der Waals surface area contributed by atoms with Gasteiger partial charge in [-0.1, -0.05) is 0 Å². The summed E-state index contributed by atoms with van der Waals surface area (Å²) < 4.78 is 0. The molecule has 1 atom stereocenters. The smallest absolute Gasteiger partial charge is 0.236 e. The Hall–Kier alpha value is 0.420. The van der Waals surface area contributed by atoms with Crippen LogP contribution in [0.4, 0.5) is 0 Å². The minimum Gasteiger partial charge on any atom is -0.342 e. The first-order chi connectivity index (χ1) is 7.81. The maximum Gasteiger partial charge on any atom is 0.236 e. The Labute approximate surface area is 118 Å². The molecular weight excluding hydrogens is 276 g/mol. The van der Waals surface area contributed by atoms with E-state index < -0.39 is 0 Å². The van der Waals surface area contributed by atoms with Crippen LogP contribution in [-0.4, -0.2) is 59.5 Å². The molecule has 2 aliphatic rings. The highest BCUT2D eigenvalue weighted by Crippen LogP contribution is 2.26. The molecule has 0 saturated carbocycles. The Morgan fingerprint density at radius 2 is 2.00 bits per heavy atom. The Bertz CT molecular complexity index is 242. The monoisotopic (exact) mass is 296 g/mol.